The van der Waals surface area contributed by atoms with Crippen LogP contribution in [-0.4, -0.2) is 16.1 Å². The number of rotatable bonds is 7. The Morgan fingerprint density at radius 2 is 1.88 bits per heavy atom. The highest BCUT2D eigenvalue weighted by molar-refractivity contribution is 5.82. The highest BCUT2D eigenvalue weighted by Crippen LogP contribution is 2.28. The summed E-state index contributed by atoms with van der Waals surface area (Å²) in [5.74, 6) is 0. The predicted molar refractivity (Wildman–Crippen MR) is 91.4 cm³/mol. The minimum atomic E-state index is -0.685. The number of nitrogens with zero attached hydrogens (tertiary/aromatic N) is 3. The normalized spacial score (nSPS) is 10.7. The summed E-state index contributed by atoms with van der Waals surface area (Å²) in [6.07, 6.45) is 3.47. The van der Waals surface area contributed by atoms with Crippen molar-refractivity contribution in [2.75, 3.05) is 5.43 Å². The topological polar surface area (TPSA) is 111 Å². The molecule has 2 rings (SSSR count). The fourth-order valence-corrected chi connectivity index (χ4v) is 2.21. The van der Waals surface area contributed by atoms with Gasteiger partial charge in [0, 0.05) is 6.07 Å². The smallest absolute Gasteiger partial charge is 0.272 e. The Labute approximate surface area is 138 Å². The van der Waals surface area contributed by atoms with Gasteiger partial charge in [-0.15, -0.1) is 0 Å². The van der Waals surface area contributed by atoms with Crippen molar-refractivity contribution < 1.29 is 9.85 Å². The van der Waals surface area contributed by atoms with Gasteiger partial charge >= 0.3 is 5.69 Å². The highest BCUT2D eigenvalue weighted by Gasteiger charge is 2.19. The van der Waals surface area contributed by atoms with E-state index < -0.39 is 15.5 Å². The highest BCUT2D eigenvalue weighted by atomic mass is 16.6. The number of nitrogens with one attached hydrogen (secondary N) is 1. The molecular weight excluding hydrogens is 312 g/mol. The molecule has 8 nitrogen and oxygen atoms in total. The number of nitro benzene ring substituents is 2. The fourth-order valence-electron chi connectivity index (χ4n) is 2.21. The zero-order valence-electron chi connectivity index (χ0n) is 13.0. The van der Waals surface area contributed by atoms with Crippen LogP contribution in [0.15, 0.2) is 47.6 Å². The zero-order valence-corrected chi connectivity index (χ0v) is 13.0. The molecule has 0 aromatic heterocycles. The van der Waals surface area contributed by atoms with Crippen LogP contribution in [0.1, 0.15) is 24.5 Å². The second-order valence-corrected chi connectivity index (χ2v) is 5.03. The first-order valence-electron chi connectivity index (χ1n) is 7.32. The lowest BCUT2D eigenvalue weighted by Crippen LogP contribution is -1.99. The van der Waals surface area contributed by atoms with Gasteiger partial charge in [0.1, 0.15) is 5.69 Å². The summed E-state index contributed by atoms with van der Waals surface area (Å²) in [5, 5.41) is 25.8. The summed E-state index contributed by atoms with van der Waals surface area (Å²) in [5.41, 5.74) is 3.98. The van der Waals surface area contributed by atoms with Crippen molar-refractivity contribution in [3.63, 3.8) is 0 Å². The lowest BCUT2D eigenvalue weighted by molar-refractivity contribution is -0.393. The molecule has 0 aliphatic heterocycles. The van der Waals surface area contributed by atoms with Gasteiger partial charge in [0.25, 0.3) is 5.69 Å². The van der Waals surface area contributed by atoms with Gasteiger partial charge < -0.3 is 0 Å². The van der Waals surface area contributed by atoms with Crippen molar-refractivity contribution in [2.45, 2.75) is 19.8 Å². The third-order valence-corrected chi connectivity index (χ3v) is 3.35. The van der Waals surface area contributed by atoms with E-state index in [1.165, 1.54) is 12.1 Å². The lowest BCUT2D eigenvalue weighted by atomic mass is 10.0. The second-order valence-electron chi connectivity index (χ2n) is 5.03. The third-order valence-electron chi connectivity index (χ3n) is 3.35. The minimum Gasteiger partial charge on any atom is -0.272 e. The second kappa shape index (κ2) is 7.82. The van der Waals surface area contributed by atoms with Crippen molar-refractivity contribution >= 4 is 23.3 Å². The molecule has 0 fully saturated rings. The number of hydrogen-bond acceptors (Lipinski definition) is 6. The van der Waals surface area contributed by atoms with Crippen LogP contribution >= 0.6 is 0 Å². The molecule has 8 heteroatoms. The maximum atomic E-state index is 11.1. The Morgan fingerprint density at radius 1 is 1.12 bits per heavy atom. The van der Waals surface area contributed by atoms with Crippen LogP contribution < -0.4 is 5.43 Å². The Hall–Kier alpha value is -3.29. The Bertz CT molecular complexity index is 789. The summed E-state index contributed by atoms with van der Waals surface area (Å²) in [7, 11) is 0. The number of hydrogen-bond donors (Lipinski definition) is 1. The van der Waals surface area contributed by atoms with E-state index in [9.17, 15) is 20.2 Å². The average Bonchev–Trinajstić information content (AvgIpc) is 2.56. The number of non-ortho nitro benzene ring substituents is 1. The van der Waals surface area contributed by atoms with Crippen LogP contribution in [0.25, 0.3) is 0 Å². The van der Waals surface area contributed by atoms with Crippen LogP contribution in [0.4, 0.5) is 17.1 Å². The molecule has 124 valence electrons. The monoisotopic (exact) mass is 328 g/mol. The summed E-state index contributed by atoms with van der Waals surface area (Å²) >= 11 is 0. The lowest BCUT2D eigenvalue weighted by Gasteiger charge is -2.04. The molecule has 0 amide bonds. The van der Waals surface area contributed by atoms with Crippen LogP contribution in [0.3, 0.4) is 0 Å². The molecule has 0 bridgehead atoms. The van der Waals surface area contributed by atoms with Gasteiger partial charge in [-0.3, -0.25) is 25.7 Å². The SMILES string of the molecule is CCCc1ccccc1/C=N/Nc1ccc([N+](=O)[O-])cc1[N+](=O)[O-]. The fraction of sp³-hybridized carbons (Fsp3) is 0.188. The van der Waals surface area contributed by atoms with Gasteiger partial charge in [0.05, 0.1) is 22.1 Å². The molecule has 0 saturated heterocycles. The largest absolute Gasteiger partial charge is 0.301 e. The Kier molecular flexibility index (Phi) is 5.56. The van der Waals surface area contributed by atoms with E-state index in [0.717, 1.165) is 30.0 Å². The van der Waals surface area contributed by atoms with Gasteiger partial charge in [0.2, 0.25) is 0 Å². The van der Waals surface area contributed by atoms with Crippen molar-refractivity contribution in [1.29, 1.82) is 0 Å². The molecule has 0 unspecified atom stereocenters. The van der Waals surface area contributed by atoms with E-state index in [1.807, 2.05) is 24.3 Å². The number of anilines is 1. The van der Waals surface area contributed by atoms with Crippen molar-refractivity contribution in [3.05, 3.63) is 73.8 Å². The van der Waals surface area contributed by atoms with Gasteiger partial charge in [-0.25, -0.2) is 0 Å². The first-order valence-corrected chi connectivity index (χ1v) is 7.32. The number of benzene rings is 2. The van der Waals surface area contributed by atoms with Crippen LogP contribution in [0.2, 0.25) is 0 Å². The standard InChI is InChI=1S/C16H16N4O4/c1-2-5-12-6-3-4-7-13(12)11-17-18-15-9-8-14(19(21)22)10-16(15)20(23)24/h3-4,6-11,18H,2,5H2,1H3/b17-11+. The van der Waals surface area contributed by atoms with E-state index in [-0.39, 0.29) is 11.4 Å². The number of aryl methyl sites for hydroxylation is 1. The Morgan fingerprint density at radius 3 is 2.54 bits per heavy atom. The van der Waals surface area contributed by atoms with Gasteiger partial charge in [-0.1, -0.05) is 37.6 Å². The quantitative estimate of drug-likeness (QED) is 0.470. The number of hydrazone groups is 1. The van der Waals surface area contributed by atoms with E-state index in [4.69, 9.17) is 0 Å². The summed E-state index contributed by atoms with van der Waals surface area (Å²) < 4.78 is 0. The molecule has 0 radical (unpaired) electrons. The maximum Gasteiger partial charge on any atom is 0.301 e. The van der Waals surface area contributed by atoms with Crippen molar-refractivity contribution in [2.24, 2.45) is 5.10 Å². The third kappa shape index (κ3) is 4.13. The molecule has 0 atom stereocenters. The van der Waals surface area contributed by atoms with Gasteiger partial charge in [-0.2, -0.15) is 5.10 Å². The van der Waals surface area contributed by atoms with Crippen LogP contribution in [0.5, 0.6) is 0 Å². The minimum absolute atomic E-state index is 0.0924. The molecule has 0 heterocycles. The Balaban J connectivity index is 2.23. The number of nitro groups is 2. The van der Waals surface area contributed by atoms with Crippen molar-refractivity contribution in [1.82, 2.24) is 0 Å². The van der Waals surface area contributed by atoms with E-state index >= 15 is 0 Å². The predicted octanol–water partition coefficient (Wildman–Crippen LogP) is 3.90. The molecule has 0 saturated carbocycles. The summed E-state index contributed by atoms with van der Waals surface area (Å²) in [4.78, 5) is 20.4. The summed E-state index contributed by atoms with van der Waals surface area (Å²) in [6, 6.07) is 11.1. The first-order chi connectivity index (χ1) is 11.5. The van der Waals surface area contributed by atoms with Crippen LogP contribution in [-0.2, 0) is 6.42 Å². The van der Waals surface area contributed by atoms with Crippen molar-refractivity contribution in [3.8, 4) is 0 Å². The first kappa shape index (κ1) is 17.1. The van der Waals surface area contributed by atoms with Crippen LogP contribution in [0, 0.1) is 20.2 Å². The molecule has 0 aliphatic rings. The van der Waals surface area contributed by atoms with E-state index in [0.29, 0.717) is 0 Å². The maximum absolute atomic E-state index is 11.1. The molecule has 0 aliphatic carbocycles. The zero-order chi connectivity index (χ0) is 17.5. The molecule has 1 N–H and O–H groups in total. The van der Waals surface area contributed by atoms with E-state index in [2.05, 4.69) is 17.5 Å². The van der Waals surface area contributed by atoms with E-state index in [1.54, 1.807) is 6.21 Å². The molecule has 0 spiro atoms. The van der Waals surface area contributed by atoms with Gasteiger partial charge in [-0.05, 0) is 23.6 Å². The average molecular weight is 328 g/mol. The molecule has 2 aromatic rings. The molecular formula is C16H16N4O4. The molecule has 2 aromatic carbocycles. The van der Waals surface area contributed by atoms with Gasteiger partial charge in [0.15, 0.2) is 0 Å². The molecule has 24 heavy (non-hydrogen) atoms. The summed E-state index contributed by atoms with van der Waals surface area (Å²) in [6.45, 7) is 2.08.